The van der Waals surface area contributed by atoms with Crippen LogP contribution in [0.5, 0.6) is 5.75 Å². The average molecular weight is 473 g/mol. The van der Waals surface area contributed by atoms with Crippen molar-refractivity contribution in [1.82, 2.24) is 0 Å². The molecular formula is C27H24N2O4S. The van der Waals surface area contributed by atoms with E-state index >= 15 is 0 Å². The molecule has 172 valence electrons. The molecule has 5 rings (SSSR count). The highest BCUT2D eigenvalue weighted by molar-refractivity contribution is 7.92. The minimum atomic E-state index is -3.69. The number of anilines is 2. The Balaban J connectivity index is 1.28. The van der Waals surface area contributed by atoms with Gasteiger partial charge in [-0.25, -0.2) is 8.42 Å². The van der Waals surface area contributed by atoms with Crippen molar-refractivity contribution in [3.05, 3.63) is 96.1 Å². The van der Waals surface area contributed by atoms with E-state index in [-0.39, 0.29) is 17.4 Å². The molecule has 0 saturated heterocycles. The maximum absolute atomic E-state index is 13.3. The first-order valence-corrected chi connectivity index (χ1v) is 12.5. The first-order valence-electron chi connectivity index (χ1n) is 11.1. The number of para-hydroxylation sites is 1. The fraction of sp³-hybridized carbons (Fsp3) is 0.148. The zero-order valence-electron chi connectivity index (χ0n) is 18.7. The van der Waals surface area contributed by atoms with Crippen LogP contribution in [0.25, 0.3) is 10.8 Å². The summed E-state index contributed by atoms with van der Waals surface area (Å²) in [4.78, 5) is 12.7. The maximum Gasteiger partial charge on any atom is 0.264 e. The van der Waals surface area contributed by atoms with E-state index in [0.29, 0.717) is 24.3 Å². The third-order valence-corrected chi connectivity index (χ3v) is 7.81. The molecule has 0 fully saturated rings. The average Bonchev–Trinajstić information content (AvgIpc) is 3.29. The van der Waals surface area contributed by atoms with Crippen molar-refractivity contribution in [3.8, 4) is 5.75 Å². The van der Waals surface area contributed by atoms with Crippen molar-refractivity contribution in [1.29, 1.82) is 0 Å². The van der Waals surface area contributed by atoms with Crippen LogP contribution in [0.4, 0.5) is 11.4 Å². The summed E-state index contributed by atoms with van der Waals surface area (Å²) in [6.07, 6.45) is 0.696. The predicted molar refractivity (Wildman–Crippen MR) is 134 cm³/mol. The van der Waals surface area contributed by atoms with Gasteiger partial charge in [0, 0.05) is 17.6 Å². The van der Waals surface area contributed by atoms with E-state index in [2.05, 4.69) is 5.32 Å². The number of hydrogen-bond donors (Lipinski definition) is 1. The van der Waals surface area contributed by atoms with Crippen LogP contribution in [0.2, 0.25) is 0 Å². The van der Waals surface area contributed by atoms with Gasteiger partial charge in [-0.2, -0.15) is 0 Å². The summed E-state index contributed by atoms with van der Waals surface area (Å²) >= 11 is 0. The van der Waals surface area contributed by atoms with Gasteiger partial charge in [-0.3, -0.25) is 9.10 Å². The number of sulfonamides is 1. The quantitative estimate of drug-likeness (QED) is 0.432. The largest absolute Gasteiger partial charge is 0.483 e. The summed E-state index contributed by atoms with van der Waals surface area (Å²) in [7, 11) is -3.69. The lowest BCUT2D eigenvalue weighted by Gasteiger charge is -2.20. The molecule has 0 atom stereocenters. The zero-order chi connectivity index (χ0) is 23.7. The summed E-state index contributed by atoms with van der Waals surface area (Å²) < 4.78 is 33.7. The number of carbonyl (C=O) groups is 1. The summed E-state index contributed by atoms with van der Waals surface area (Å²) in [5, 5.41) is 4.88. The van der Waals surface area contributed by atoms with Crippen molar-refractivity contribution in [2.45, 2.75) is 18.2 Å². The number of ether oxygens (including phenoxy) is 1. The molecule has 0 radical (unpaired) electrons. The zero-order valence-corrected chi connectivity index (χ0v) is 19.5. The first-order chi connectivity index (χ1) is 16.4. The molecule has 0 unspecified atom stereocenters. The number of carbonyl (C=O) groups excluding carboxylic acids is 1. The highest BCUT2D eigenvalue weighted by Crippen LogP contribution is 2.33. The fourth-order valence-electron chi connectivity index (χ4n) is 4.29. The van der Waals surface area contributed by atoms with Gasteiger partial charge in [0.1, 0.15) is 5.75 Å². The highest BCUT2D eigenvalue weighted by atomic mass is 32.2. The number of nitrogens with one attached hydrogen (secondary N) is 1. The normalized spacial score (nSPS) is 13.0. The second-order valence-corrected chi connectivity index (χ2v) is 10.1. The molecule has 1 N–H and O–H groups in total. The number of fused-ring (bicyclic) bond motifs is 2. The van der Waals surface area contributed by atoms with Crippen LogP contribution in [0, 0.1) is 6.92 Å². The van der Waals surface area contributed by atoms with Gasteiger partial charge in [-0.1, -0.05) is 54.6 Å². The van der Waals surface area contributed by atoms with Crippen molar-refractivity contribution < 1.29 is 17.9 Å². The third kappa shape index (κ3) is 4.10. The monoisotopic (exact) mass is 472 g/mol. The summed E-state index contributed by atoms with van der Waals surface area (Å²) in [5.74, 6) is 0.176. The second-order valence-electron chi connectivity index (χ2n) is 8.25. The molecule has 6 nitrogen and oxygen atoms in total. The van der Waals surface area contributed by atoms with Crippen molar-refractivity contribution in [2.24, 2.45) is 0 Å². The Morgan fingerprint density at radius 2 is 1.74 bits per heavy atom. The molecule has 4 aromatic carbocycles. The highest BCUT2D eigenvalue weighted by Gasteiger charge is 2.30. The number of hydrogen-bond acceptors (Lipinski definition) is 4. The van der Waals surface area contributed by atoms with E-state index in [9.17, 15) is 13.2 Å². The molecule has 0 aromatic heterocycles. The van der Waals surface area contributed by atoms with Crippen molar-refractivity contribution >= 4 is 38.1 Å². The van der Waals surface area contributed by atoms with Gasteiger partial charge < -0.3 is 10.1 Å². The van der Waals surface area contributed by atoms with E-state index in [1.54, 1.807) is 19.1 Å². The lowest BCUT2D eigenvalue weighted by Crippen LogP contribution is -2.29. The summed E-state index contributed by atoms with van der Waals surface area (Å²) in [5.41, 5.74) is 3.12. The van der Waals surface area contributed by atoms with E-state index in [4.69, 9.17) is 4.74 Å². The fourth-order valence-corrected chi connectivity index (χ4v) is 5.88. The second kappa shape index (κ2) is 8.83. The Morgan fingerprint density at radius 1 is 0.971 bits per heavy atom. The van der Waals surface area contributed by atoms with Crippen molar-refractivity contribution in [2.75, 3.05) is 22.8 Å². The summed E-state index contributed by atoms with van der Waals surface area (Å²) in [6, 6.07) is 25.8. The van der Waals surface area contributed by atoms with E-state index in [0.717, 1.165) is 27.7 Å². The molecule has 0 saturated carbocycles. The first kappa shape index (κ1) is 22.0. The molecule has 1 amide bonds. The molecule has 7 heteroatoms. The standard InChI is InChI=1S/C27H24N2O4S/c1-19-17-22(34(31,32)29-16-15-21-8-3-5-12-25(21)29)13-14-26(19)33-18-27(30)28-24-11-6-9-20-7-2-4-10-23(20)24/h2-14,17H,15-16,18H2,1H3,(H,28,30). The Morgan fingerprint density at radius 3 is 2.59 bits per heavy atom. The number of rotatable bonds is 6. The number of amides is 1. The van der Waals surface area contributed by atoms with Gasteiger partial charge in [0.2, 0.25) is 0 Å². The maximum atomic E-state index is 13.3. The van der Waals surface area contributed by atoms with Crippen LogP contribution in [0.3, 0.4) is 0 Å². The van der Waals surface area contributed by atoms with Crippen LogP contribution in [0.15, 0.2) is 89.8 Å². The molecule has 0 spiro atoms. The van der Waals surface area contributed by atoms with Crippen LogP contribution in [-0.2, 0) is 21.2 Å². The number of nitrogens with zero attached hydrogens (tertiary/aromatic N) is 1. The van der Waals surface area contributed by atoms with Gasteiger partial charge >= 0.3 is 0 Å². The number of aryl methyl sites for hydroxylation is 1. The van der Waals surface area contributed by atoms with Gasteiger partial charge in [0.15, 0.2) is 6.61 Å². The Bertz CT molecular complexity index is 1490. The lowest BCUT2D eigenvalue weighted by atomic mass is 10.1. The van der Waals surface area contributed by atoms with Gasteiger partial charge in [0.25, 0.3) is 15.9 Å². The Hall–Kier alpha value is -3.84. The third-order valence-electron chi connectivity index (χ3n) is 6.00. The van der Waals surface area contributed by atoms with Crippen LogP contribution >= 0.6 is 0 Å². The van der Waals surface area contributed by atoms with Gasteiger partial charge in [-0.15, -0.1) is 0 Å². The molecule has 0 bridgehead atoms. The lowest BCUT2D eigenvalue weighted by molar-refractivity contribution is -0.118. The predicted octanol–water partition coefficient (Wildman–Crippen LogP) is 4.92. The molecule has 4 aromatic rings. The Labute approximate surface area is 198 Å². The molecule has 1 aliphatic rings. The van der Waals surface area contributed by atoms with Gasteiger partial charge in [0.05, 0.1) is 10.6 Å². The summed E-state index contributed by atoms with van der Waals surface area (Å²) in [6.45, 7) is 2.01. The van der Waals surface area contributed by atoms with E-state index in [1.165, 1.54) is 10.4 Å². The number of benzene rings is 4. The molecule has 34 heavy (non-hydrogen) atoms. The smallest absolute Gasteiger partial charge is 0.264 e. The van der Waals surface area contributed by atoms with Gasteiger partial charge in [-0.05, 0) is 60.2 Å². The van der Waals surface area contributed by atoms with E-state index in [1.807, 2.05) is 66.7 Å². The van der Waals surface area contributed by atoms with Crippen molar-refractivity contribution in [3.63, 3.8) is 0 Å². The van der Waals surface area contributed by atoms with Crippen LogP contribution < -0.4 is 14.4 Å². The Kier molecular flexibility index (Phi) is 5.71. The molecular weight excluding hydrogens is 448 g/mol. The molecule has 1 aliphatic heterocycles. The minimum Gasteiger partial charge on any atom is -0.483 e. The molecule has 1 heterocycles. The molecule has 0 aliphatic carbocycles. The minimum absolute atomic E-state index is 0.185. The van der Waals surface area contributed by atoms with Crippen LogP contribution in [0.1, 0.15) is 11.1 Å². The SMILES string of the molecule is Cc1cc(S(=O)(=O)N2CCc3ccccc32)ccc1OCC(=O)Nc1cccc2ccccc12. The topological polar surface area (TPSA) is 75.7 Å². The van der Waals surface area contributed by atoms with E-state index < -0.39 is 10.0 Å². The van der Waals surface area contributed by atoms with Crippen LogP contribution in [-0.4, -0.2) is 27.5 Å².